The summed E-state index contributed by atoms with van der Waals surface area (Å²) in [6.07, 6.45) is 1.28. The third-order valence-corrected chi connectivity index (χ3v) is 3.29. The van der Waals surface area contributed by atoms with Gasteiger partial charge in [-0.25, -0.2) is 8.78 Å². The first-order chi connectivity index (χ1) is 9.66. The fourth-order valence-corrected chi connectivity index (χ4v) is 2.26. The number of nitrogens with one attached hydrogen (secondary N) is 1. The zero-order chi connectivity index (χ0) is 14.1. The van der Waals surface area contributed by atoms with Crippen molar-refractivity contribution in [3.8, 4) is 0 Å². The largest absolute Gasteiger partial charge is 0.360 e. The van der Waals surface area contributed by atoms with Gasteiger partial charge in [-0.3, -0.25) is 4.79 Å². The van der Waals surface area contributed by atoms with Crippen molar-refractivity contribution in [3.05, 3.63) is 71.4 Å². The van der Waals surface area contributed by atoms with Crippen LogP contribution in [0, 0.1) is 11.6 Å². The molecule has 0 saturated carbocycles. The summed E-state index contributed by atoms with van der Waals surface area (Å²) in [4.78, 5) is 15.2. The van der Waals surface area contributed by atoms with Gasteiger partial charge in [-0.1, -0.05) is 24.3 Å². The second-order valence-corrected chi connectivity index (χ2v) is 4.55. The number of carbonyl (C=O) groups excluding carboxylic acids is 1. The predicted molar refractivity (Wildman–Crippen MR) is 72.7 cm³/mol. The van der Waals surface area contributed by atoms with Gasteiger partial charge in [0.25, 0.3) is 0 Å². The lowest BCUT2D eigenvalue weighted by Gasteiger charge is -2.03. The number of halogens is 2. The van der Waals surface area contributed by atoms with E-state index in [1.54, 1.807) is 12.3 Å². The third kappa shape index (κ3) is 2.09. The first-order valence-electron chi connectivity index (χ1n) is 6.19. The quantitative estimate of drug-likeness (QED) is 0.721. The molecule has 0 spiro atoms. The Morgan fingerprint density at radius 3 is 2.45 bits per heavy atom. The van der Waals surface area contributed by atoms with Gasteiger partial charge < -0.3 is 4.98 Å². The lowest BCUT2D eigenvalue weighted by molar-refractivity contribution is 0.0992. The zero-order valence-corrected chi connectivity index (χ0v) is 10.5. The third-order valence-electron chi connectivity index (χ3n) is 3.29. The Hall–Kier alpha value is -2.49. The molecule has 3 aromatic rings. The van der Waals surface area contributed by atoms with Crippen LogP contribution in [0.25, 0.3) is 10.9 Å². The molecular weight excluding hydrogens is 260 g/mol. The number of carbonyl (C=O) groups is 1. The summed E-state index contributed by atoms with van der Waals surface area (Å²) in [5, 5.41) is 0.759. The summed E-state index contributed by atoms with van der Waals surface area (Å²) in [7, 11) is 0. The summed E-state index contributed by atoms with van der Waals surface area (Å²) in [6, 6.07) is 10.9. The minimum Gasteiger partial charge on any atom is -0.360 e. The number of hydrogen-bond donors (Lipinski definition) is 1. The minimum atomic E-state index is -0.696. The maximum absolute atomic E-state index is 13.6. The van der Waals surface area contributed by atoms with Crippen LogP contribution in [0.1, 0.15) is 15.9 Å². The van der Waals surface area contributed by atoms with E-state index in [-0.39, 0.29) is 17.8 Å². The monoisotopic (exact) mass is 271 g/mol. The van der Waals surface area contributed by atoms with Crippen LogP contribution in [0.4, 0.5) is 8.78 Å². The summed E-state index contributed by atoms with van der Waals surface area (Å²) < 4.78 is 27.1. The van der Waals surface area contributed by atoms with Crippen LogP contribution in [0.2, 0.25) is 0 Å². The van der Waals surface area contributed by atoms with Gasteiger partial charge in [0.2, 0.25) is 0 Å². The van der Waals surface area contributed by atoms with Crippen molar-refractivity contribution in [2.45, 2.75) is 6.42 Å². The molecule has 0 aliphatic carbocycles. The van der Waals surface area contributed by atoms with Crippen LogP contribution >= 0.6 is 0 Å². The summed E-state index contributed by atoms with van der Waals surface area (Å²) in [6.45, 7) is 0. The molecule has 20 heavy (non-hydrogen) atoms. The van der Waals surface area contributed by atoms with E-state index in [4.69, 9.17) is 0 Å². The zero-order valence-electron chi connectivity index (χ0n) is 10.5. The fraction of sp³-hybridized carbons (Fsp3) is 0.0625. The van der Waals surface area contributed by atoms with Gasteiger partial charge in [0.15, 0.2) is 5.78 Å². The van der Waals surface area contributed by atoms with E-state index in [2.05, 4.69) is 4.98 Å². The average Bonchev–Trinajstić information content (AvgIpc) is 2.87. The number of aromatic amines is 1. The number of fused-ring (bicyclic) bond motifs is 1. The second-order valence-electron chi connectivity index (χ2n) is 4.55. The van der Waals surface area contributed by atoms with Crippen molar-refractivity contribution >= 4 is 16.7 Å². The topological polar surface area (TPSA) is 32.9 Å². The number of rotatable bonds is 3. The summed E-state index contributed by atoms with van der Waals surface area (Å²) in [5.41, 5.74) is 1.08. The number of Topliss-reactive ketones (excluding diaryl/α,β-unsaturated/α-hetero) is 1. The molecule has 2 aromatic carbocycles. The lowest BCUT2D eigenvalue weighted by Crippen LogP contribution is -2.06. The molecule has 0 fully saturated rings. The average molecular weight is 271 g/mol. The van der Waals surface area contributed by atoms with Gasteiger partial charge in [0.1, 0.15) is 11.6 Å². The molecule has 0 aliphatic rings. The molecule has 100 valence electrons. The number of hydrogen-bond acceptors (Lipinski definition) is 1. The Balaban J connectivity index is 1.98. The van der Waals surface area contributed by atoms with Crippen molar-refractivity contribution in [3.63, 3.8) is 0 Å². The molecule has 4 heteroatoms. The van der Waals surface area contributed by atoms with Crippen molar-refractivity contribution in [1.29, 1.82) is 0 Å². The Morgan fingerprint density at radius 2 is 1.70 bits per heavy atom. The fourth-order valence-electron chi connectivity index (χ4n) is 2.26. The molecule has 0 atom stereocenters. The molecular formula is C16H11F2NO. The maximum atomic E-state index is 13.6. The van der Waals surface area contributed by atoms with Crippen LogP contribution in [0.15, 0.2) is 48.7 Å². The summed E-state index contributed by atoms with van der Waals surface area (Å²) in [5.74, 6) is -1.71. The molecule has 1 heterocycles. The molecule has 1 N–H and O–H groups in total. The van der Waals surface area contributed by atoms with Crippen molar-refractivity contribution in [2.24, 2.45) is 0 Å². The van der Waals surface area contributed by atoms with Gasteiger partial charge in [-0.15, -0.1) is 0 Å². The highest BCUT2D eigenvalue weighted by atomic mass is 19.1. The highest BCUT2D eigenvalue weighted by molar-refractivity contribution is 6.08. The smallest absolute Gasteiger partial charge is 0.169 e. The molecule has 0 aliphatic heterocycles. The molecule has 3 rings (SSSR count). The highest BCUT2D eigenvalue weighted by Crippen LogP contribution is 2.21. The number of para-hydroxylation sites is 1. The lowest BCUT2D eigenvalue weighted by atomic mass is 10.0. The normalized spacial score (nSPS) is 10.9. The van der Waals surface area contributed by atoms with Gasteiger partial charge >= 0.3 is 0 Å². The molecule has 0 saturated heterocycles. The van der Waals surface area contributed by atoms with Gasteiger partial charge in [0.05, 0.1) is 0 Å². The first kappa shape index (κ1) is 12.5. The van der Waals surface area contributed by atoms with Crippen LogP contribution in [-0.4, -0.2) is 10.8 Å². The standard InChI is InChI=1S/C16H11F2NO/c17-13-5-3-6-14(18)11(13)8-16(20)12-9-19-15-7-2-1-4-10(12)15/h1-7,9,19H,8H2. The molecule has 0 bridgehead atoms. The Kier molecular flexibility index (Phi) is 3.06. The van der Waals surface area contributed by atoms with Crippen LogP contribution in [0.3, 0.4) is 0 Å². The van der Waals surface area contributed by atoms with Gasteiger partial charge in [-0.05, 0) is 18.2 Å². The van der Waals surface area contributed by atoms with E-state index in [1.807, 2.05) is 18.2 Å². The van der Waals surface area contributed by atoms with E-state index in [1.165, 1.54) is 6.07 Å². The van der Waals surface area contributed by atoms with Gasteiger partial charge in [0, 0.05) is 34.6 Å². The summed E-state index contributed by atoms with van der Waals surface area (Å²) >= 11 is 0. The Morgan fingerprint density at radius 1 is 1.00 bits per heavy atom. The molecule has 0 radical (unpaired) electrons. The van der Waals surface area contributed by atoms with Crippen LogP contribution in [-0.2, 0) is 6.42 Å². The second kappa shape index (κ2) is 4.89. The van der Waals surface area contributed by atoms with E-state index < -0.39 is 11.6 Å². The molecule has 0 unspecified atom stereocenters. The number of aromatic nitrogens is 1. The van der Waals surface area contributed by atoms with E-state index in [9.17, 15) is 13.6 Å². The van der Waals surface area contributed by atoms with E-state index >= 15 is 0 Å². The van der Waals surface area contributed by atoms with Gasteiger partial charge in [-0.2, -0.15) is 0 Å². The van der Waals surface area contributed by atoms with E-state index in [0.717, 1.165) is 23.0 Å². The SMILES string of the molecule is O=C(Cc1c(F)cccc1F)c1c[nH]c2ccccc12. The van der Waals surface area contributed by atoms with Crippen molar-refractivity contribution < 1.29 is 13.6 Å². The maximum Gasteiger partial charge on any atom is 0.169 e. The predicted octanol–water partition coefficient (Wildman–Crippen LogP) is 3.87. The number of H-pyrrole nitrogens is 1. The number of benzene rings is 2. The minimum absolute atomic E-state index is 0.192. The van der Waals surface area contributed by atoms with Crippen LogP contribution < -0.4 is 0 Å². The molecule has 1 aromatic heterocycles. The Bertz CT molecular complexity index is 772. The van der Waals surface area contributed by atoms with Crippen LogP contribution in [0.5, 0.6) is 0 Å². The number of ketones is 1. The molecule has 0 amide bonds. The highest BCUT2D eigenvalue weighted by Gasteiger charge is 2.17. The molecule has 2 nitrogen and oxygen atoms in total. The first-order valence-corrected chi connectivity index (χ1v) is 6.19. The van der Waals surface area contributed by atoms with Crippen molar-refractivity contribution in [1.82, 2.24) is 4.98 Å². The van der Waals surface area contributed by atoms with E-state index in [0.29, 0.717) is 5.56 Å². The Labute approximate surface area is 114 Å². The van der Waals surface area contributed by atoms with Crippen molar-refractivity contribution in [2.75, 3.05) is 0 Å².